The SMILES string of the molecule is COc1ncc(C(=O)N2CCC(Oc3c(F)ccc4c3n(C)c(=O)n4C3CCC(=O)NC3=O)CC2)cc1-c1nc2c(n1C(C)C)CN(c1cc(Cl)cn(C)c1=O)C2=O.Clc1ccccc1. The van der Waals surface area contributed by atoms with Crippen LogP contribution >= 0.6 is 23.2 Å². The molecule has 1 unspecified atom stereocenters. The van der Waals surface area contributed by atoms with E-state index in [1.807, 2.05) is 48.7 Å². The summed E-state index contributed by atoms with van der Waals surface area (Å²) in [5, 5.41) is 3.36. The highest BCUT2D eigenvalue weighted by atomic mass is 35.5. The molecule has 338 valence electrons. The number of amides is 4. The van der Waals surface area contributed by atoms with Crippen LogP contribution in [0, 0.1) is 5.82 Å². The molecule has 3 aliphatic rings. The number of anilines is 1. The normalized spacial score (nSPS) is 16.4. The third kappa shape index (κ3) is 8.39. The molecule has 2 aromatic carbocycles. The number of carbonyl (C=O) groups is 4. The highest BCUT2D eigenvalue weighted by Gasteiger charge is 2.39. The van der Waals surface area contributed by atoms with E-state index in [0.717, 1.165) is 5.02 Å². The first-order chi connectivity index (χ1) is 31.1. The Morgan fingerprint density at radius 3 is 2.32 bits per heavy atom. The third-order valence-corrected chi connectivity index (χ3v) is 12.1. The number of methoxy groups -OCH3 is 1. The van der Waals surface area contributed by atoms with Crippen LogP contribution in [0.5, 0.6) is 11.6 Å². The molecule has 2 fully saturated rings. The minimum atomic E-state index is -0.940. The number of rotatable bonds is 8. The van der Waals surface area contributed by atoms with Crippen molar-refractivity contribution in [2.24, 2.45) is 14.1 Å². The number of ether oxygens (including phenoxy) is 2. The van der Waals surface area contributed by atoms with E-state index in [-0.39, 0.29) is 84.1 Å². The van der Waals surface area contributed by atoms with Gasteiger partial charge in [0.25, 0.3) is 17.4 Å². The number of hydrogen-bond donors (Lipinski definition) is 1. The Morgan fingerprint density at radius 2 is 1.68 bits per heavy atom. The van der Waals surface area contributed by atoms with Gasteiger partial charge in [-0.2, -0.15) is 0 Å². The van der Waals surface area contributed by atoms with Gasteiger partial charge in [-0.25, -0.2) is 19.2 Å². The Balaban J connectivity index is 0.000000753. The second kappa shape index (κ2) is 18.0. The van der Waals surface area contributed by atoms with Crippen LogP contribution in [0.15, 0.2) is 76.6 Å². The number of fused-ring (bicyclic) bond motifs is 2. The van der Waals surface area contributed by atoms with Crippen LogP contribution in [0.4, 0.5) is 10.1 Å². The fraction of sp³-hybridized carbons (Fsp3) is 0.333. The Hall–Kier alpha value is -6.79. The van der Waals surface area contributed by atoms with E-state index < -0.39 is 41.4 Å². The van der Waals surface area contributed by atoms with Crippen molar-refractivity contribution in [3.63, 3.8) is 0 Å². The van der Waals surface area contributed by atoms with E-state index in [1.165, 1.54) is 63.4 Å². The molecule has 0 radical (unpaired) electrons. The first-order valence-corrected chi connectivity index (χ1v) is 21.6. The molecule has 65 heavy (non-hydrogen) atoms. The molecule has 0 saturated carbocycles. The van der Waals surface area contributed by atoms with Crippen LogP contribution in [0.3, 0.4) is 0 Å². The molecule has 4 aromatic heterocycles. The molecular weight excluding hydrogens is 884 g/mol. The van der Waals surface area contributed by atoms with Gasteiger partial charge in [0.05, 0.1) is 41.0 Å². The number of halogens is 3. The number of likely N-dealkylation sites (tertiary alicyclic amines) is 1. The maximum Gasteiger partial charge on any atom is 0.329 e. The zero-order valence-corrected chi connectivity index (χ0v) is 37.5. The van der Waals surface area contributed by atoms with Gasteiger partial charge in [-0.15, -0.1) is 0 Å². The molecule has 1 N–H and O–H groups in total. The minimum absolute atomic E-state index is 0.0643. The summed E-state index contributed by atoms with van der Waals surface area (Å²) < 4.78 is 32.9. The van der Waals surface area contributed by atoms with Crippen molar-refractivity contribution in [3.8, 4) is 23.0 Å². The van der Waals surface area contributed by atoms with Crippen molar-refractivity contribution in [2.75, 3.05) is 25.1 Å². The molecule has 3 aliphatic heterocycles. The fourth-order valence-corrected chi connectivity index (χ4v) is 8.91. The van der Waals surface area contributed by atoms with E-state index >= 15 is 4.39 Å². The van der Waals surface area contributed by atoms with Crippen molar-refractivity contribution >= 4 is 63.6 Å². The maximum absolute atomic E-state index is 15.4. The van der Waals surface area contributed by atoms with Gasteiger partial charge in [0.2, 0.25) is 17.7 Å². The van der Waals surface area contributed by atoms with Crippen molar-refractivity contribution in [1.82, 2.24) is 38.5 Å². The molecule has 4 amide bonds. The van der Waals surface area contributed by atoms with Crippen LogP contribution < -0.4 is 30.9 Å². The van der Waals surface area contributed by atoms with E-state index in [9.17, 15) is 28.8 Å². The number of imide groups is 1. The number of nitrogens with zero attached hydrogens (tertiary/aromatic N) is 8. The molecule has 7 heterocycles. The van der Waals surface area contributed by atoms with Gasteiger partial charge in [0.15, 0.2) is 17.3 Å². The molecule has 0 bridgehead atoms. The molecule has 6 aromatic rings. The molecular formula is C45H44Cl2FN9O8. The van der Waals surface area contributed by atoms with Gasteiger partial charge in [0, 0.05) is 69.9 Å². The first kappa shape index (κ1) is 44.8. The number of pyridine rings is 2. The standard InChI is InChI=1S/C39H39ClFN9O8.C6H5Cl/c1-19(2)49-28-18-48(27-15-21(40)17-45(3)37(27)54)38(55)30(28)44-33(49)23-14-20(16-42-35(23)57-5)36(53)47-12-10-22(11-13-47)58-32-24(41)6-7-25-31(32)46(4)39(56)50(25)26-8-9-29(51)43-34(26)52;7-6-4-2-1-3-5-6/h6-7,14-17,19,22,26H,8-13,18H2,1-5H3,(H,43,51,52);1-5H. The number of aromatic nitrogens is 6. The van der Waals surface area contributed by atoms with Crippen LogP contribution in [-0.4, -0.2) is 83.1 Å². The predicted octanol–water partition coefficient (Wildman–Crippen LogP) is 5.84. The summed E-state index contributed by atoms with van der Waals surface area (Å²) in [5.41, 5.74) is 1.06. The molecule has 2 saturated heterocycles. The lowest BCUT2D eigenvalue weighted by Crippen LogP contribution is -2.44. The summed E-state index contributed by atoms with van der Waals surface area (Å²) in [7, 11) is 4.47. The number of benzene rings is 2. The Morgan fingerprint density at radius 1 is 0.954 bits per heavy atom. The van der Waals surface area contributed by atoms with Crippen LogP contribution in [0.1, 0.15) is 78.2 Å². The van der Waals surface area contributed by atoms with Crippen LogP contribution in [-0.2, 0) is 30.2 Å². The summed E-state index contributed by atoms with van der Waals surface area (Å²) in [6.45, 7) is 4.46. The lowest BCUT2D eigenvalue weighted by atomic mass is 10.1. The van der Waals surface area contributed by atoms with E-state index in [1.54, 1.807) is 18.0 Å². The average molecular weight is 929 g/mol. The van der Waals surface area contributed by atoms with Crippen molar-refractivity contribution in [1.29, 1.82) is 0 Å². The molecule has 9 rings (SSSR count). The highest BCUT2D eigenvalue weighted by molar-refractivity contribution is 6.31. The number of carbonyl (C=O) groups excluding carboxylic acids is 4. The molecule has 17 nitrogen and oxygen atoms in total. The summed E-state index contributed by atoms with van der Waals surface area (Å²) >= 11 is 11.8. The maximum atomic E-state index is 15.4. The second-order valence-corrected chi connectivity index (χ2v) is 17.0. The van der Waals surface area contributed by atoms with Gasteiger partial charge in [0.1, 0.15) is 29.2 Å². The number of piperidine rings is 2. The Labute approximate surface area is 380 Å². The third-order valence-electron chi connectivity index (χ3n) is 11.7. The van der Waals surface area contributed by atoms with E-state index in [2.05, 4.69) is 10.3 Å². The molecule has 1 atom stereocenters. The van der Waals surface area contributed by atoms with Crippen molar-refractivity contribution in [2.45, 2.75) is 64.3 Å². The number of aryl methyl sites for hydroxylation is 2. The minimum Gasteiger partial charge on any atom is -0.485 e. The average Bonchev–Trinajstić information content (AvgIpc) is 3.90. The Bertz CT molecular complexity index is 3010. The van der Waals surface area contributed by atoms with Crippen LogP contribution in [0.2, 0.25) is 10.0 Å². The highest BCUT2D eigenvalue weighted by Crippen LogP contribution is 2.38. The van der Waals surface area contributed by atoms with Gasteiger partial charge in [-0.1, -0.05) is 41.4 Å². The molecule has 0 aliphatic carbocycles. The van der Waals surface area contributed by atoms with E-state index in [0.29, 0.717) is 40.5 Å². The summed E-state index contributed by atoms with van der Waals surface area (Å²) in [5.74, 6) is -2.07. The van der Waals surface area contributed by atoms with Gasteiger partial charge >= 0.3 is 5.69 Å². The quantitative estimate of drug-likeness (QED) is 0.182. The van der Waals surface area contributed by atoms with E-state index in [4.69, 9.17) is 37.7 Å². The van der Waals surface area contributed by atoms with Gasteiger partial charge in [-0.3, -0.25) is 43.3 Å². The smallest absolute Gasteiger partial charge is 0.329 e. The van der Waals surface area contributed by atoms with Gasteiger partial charge < -0.3 is 23.5 Å². The molecule has 0 spiro atoms. The van der Waals surface area contributed by atoms with Gasteiger partial charge in [-0.05, 0) is 56.7 Å². The van der Waals surface area contributed by atoms with Crippen molar-refractivity contribution < 1.29 is 33.0 Å². The lowest BCUT2D eigenvalue weighted by Gasteiger charge is -2.32. The molecule has 20 heteroatoms. The second-order valence-electron chi connectivity index (χ2n) is 16.2. The monoisotopic (exact) mass is 927 g/mol. The number of imidazole rings is 2. The van der Waals surface area contributed by atoms with Crippen LogP contribution in [0.25, 0.3) is 22.4 Å². The first-order valence-electron chi connectivity index (χ1n) is 20.8. The fourth-order valence-electron chi connectivity index (χ4n) is 8.52. The summed E-state index contributed by atoms with van der Waals surface area (Å²) in [6.07, 6.45) is 3.26. The topological polar surface area (TPSA) is 185 Å². The number of hydrogen-bond acceptors (Lipinski definition) is 10. The zero-order valence-electron chi connectivity index (χ0n) is 36.0. The Kier molecular flexibility index (Phi) is 12.4. The van der Waals surface area contributed by atoms with Crippen molar-refractivity contribution in [3.05, 3.63) is 121 Å². The number of nitrogens with one attached hydrogen (secondary N) is 1. The predicted molar refractivity (Wildman–Crippen MR) is 239 cm³/mol. The zero-order chi connectivity index (χ0) is 46.4. The summed E-state index contributed by atoms with van der Waals surface area (Å²) in [4.78, 5) is 90.7. The lowest BCUT2D eigenvalue weighted by molar-refractivity contribution is -0.135. The largest absolute Gasteiger partial charge is 0.485 e. The summed E-state index contributed by atoms with van der Waals surface area (Å²) in [6, 6.07) is 14.0.